The number of aryl methyl sites for hydroxylation is 2. The molecule has 0 atom stereocenters. The van der Waals surface area contributed by atoms with Crippen LogP contribution in [0.1, 0.15) is 250 Å². The quantitative estimate of drug-likeness (QED) is 0.0255. The second-order valence-electron chi connectivity index (χ2n) is 38.2. The zero-order valence-corrected chi connectivity index (χ0v) is 82.5. The van der Waals surface area contributed by atoms with E-state index in [-0.39, 0.29) is 97.0 Å². The number of aromatic nitrogens is 1. The molecule has 0 unspecified atom stereocenters. The number of carbonyl (C=O) groups excluding carboxylic acids is 8. The minimum absolute atomic E-state index is 0.0450. The molecule has 6 N–H and O–H groups in total. The predicted octanol–water partition coefficient (Wildman–Crippen LogP) is 14.9. The van der Waals surface area contributed by atoms with Crippen molar-refractivity contribution in [3.8, 4) is 6.07 Å². The van der Waals surface area contributed by atoms with Crippen molar-refractivity contribution in [2.24, 2.45) is 43.3 Å². The van der Waals surface area contributed by atoms with Gasteiger partial charge < -0.3 is 51.2 Å². The summed E-state index contributed by atoms with van der Waals surface area (Å²) in [4.78, 5) is 101. The number of thiazole rings is 1. The first-order valence-corrected chi connectivity index (χ1v) is 46.6. The standard InChI is InChI=1S/C15H23NO.C14H18N2O.C14H21NO.C11H23NO2.C10H16N2OS.C10H21NO3S.C10H21NO2.C9H19NO3S/c1-12-7-6-8-13(11-12)9-10-16(5)14(17)15(2,3)4;1-14(2,3)13(17)16-9-8-11-4-6-12(10-15)7-5-11;1-11-6-5-7-12(10-11)8-9-15-13(16)14(2,3)4;1-11(2,3)10(13)12(4)8-6-7-9-14-5;1-10(2,3)9(13)12-5-4-8-6-11-7-14-8;1-5-15(13,14)8-6-7-11-9(12)10(2,3)4;1-10(2,3)9(12)11-7-5-6-8-13-4;1-9(2,3)8(11)10-6-5-7-14(4,12)13/h6-8,11H,9-10H2,1-5H3;4-7H,8-9H2,1-3H3,(H,16,17);5-7,10H,8-9H2,1-4H3,(H,15,16);6-9H2,1-5H3;6-7H,4-5H2,1-3H3,(H,12,13);5-8H2,1-4H3,(H,11,12);5-8H2,1-4H3,(H,11,12);5-7H2,1-4H3,(H,10,11). The lowest BCUT2D eigenvalue weighted by atomic mass is 9.95. The molecule has 0 aliphatic carbocycles. The van der Waals surface area contributed by atoms with Crippen molar-refractivity contribution in [3.63, 3.8) is 0 Å². The Kier molecular flexibility index (Phi) is 58.5. The minimum Gasteiger partial charge on any atom is -0.385 e. The maximum absolute atomic E-state index is 12.0. The molecular formula is C93H162N10O14S3. The summed E-state index contributed by atoms with van der Waals surface area (Å²) in [5, 5.41) is 25.7. The molecule has 4 rings (SSSR count). The highest BCUT2D eigenvalue weighted by Gasteiger charge is 2.28. The van der Waals surface area contributed by atoms with Crippen molar-refractivity contribution in [1.29, 1.82) is 5.26 Å². The average Bonchev–Trinajstić information content (AvgIpc) is 0.911. The molecule has 0 aliphatic rings. The molecule has 4 aromatic rings. The van der Waals surface area contributed by atoms with Crippen LogP contribution < -0.4 is 31.9 Å². The van der Waals surface area contributed by atoms with Crippen LogP contribution >= 0.6 is 11.3 Å². The topological polar surface area (TPSA) is 339 Å². The van der Waals surface area contributed by atoms with E-state index in [0.717, 1.165) is 89.8 Å². The van der Waals surface area contributed by atoms with Gasteiger partial charge in [0.15, 0.2) is 0 Å². The highest BCUT2D eigenvalue weighted by Crippen LogP contribution is 2.21. The largest absolute Gasteiger partial charge is 0.385 e. The molecule has 27 heteroatoms. The van der Waals surface area contributed by atoms with Crippen molar-refractivity contribution in [3.05, 3.63) is 123 Å². The van der Waals surface area contributed by atoms with Crippen LogP contribution in [-0.4, -0.2) is 196 Å². The molecule has 24 nitrogen and oxygen atoms in total. The first kappa shape index (κ1) is 119. The fourth-order valence-electron chi connectivity index (χ4n) is 9.37. The molecular weight excluding hydrogens is 1580 g/mol. The van der Waals surface area contributed by atoms with Gasteiger partial charge in [-0.1, -0.05) is 245 Å². The molecule has 0 aliphatic heterocycles. The number of nitrogens with one attached hydrogen (secondary N) is 6. The van der Waals surface area contributed by atoms with Gasteiger partial charge in [0.25, 0.3) is 0 Å². The highest BCUT2D eigenvalue weighted by molar-refractivity contribution is 7.91. The number of nitrogens with zero attached hydrogens (tertiary/aromatic N) is 4. The lowest BCUT2D eigenvalue weighted by Gasteiger charge is -2.26. The second-order valence-corrected chi connectivity index (χ2v) is 43.9. The van der Waals surface area contributed by atoms with Gasteiger partial charge in [0.2, 0.25) is 47.3 Å². The number of sulfone groups is 2. The normalized spacial score (nSPS) is 11.6. The fourth-order valence-corrected chi connectivity index (χ4v) is 11.5. The summed E-state index contributed by atoms with van der Waals surface area (Å²) >= 11 is 1.62. The molecule has 8 amide bonds. The van der Waals surface area contributed by atoms with Crippen LogP contribution in [0.15, 0.2) is 84.5 Å². The molecule has 1 heterocycles. The molecule has 0 fully saturated rings. The number of nitriles is 1. The SMILES string of the molecule is CC(C)(C)C(=O)NCCCS(C)(=O)=O.CC(C)(C)C(=O)NCCc1ccc(C#N)cc1.CC(C)(C)C(=O)NCCc1cncs1.CCS(=O)(=O)CCCNC(=O)C(C)(C)C.COCCCCN(C)C(=O)C(C)(C)C.COCCCCNC(=O)C(C)(C)C.Cc1cccc(CCN(C)C(=O)C(C)(C)C)c1.Cc1cccc(CCNC(=O)C(C)(C)C)c1. The number of benzene rings is 3. The Morgan fingerprint density at radius 1 is 0.425 bits per heavy atom. The van der Waals surface area contributed by atoms with Crippen LogP contribution in [-0.2, 0) is 93.2 Å². The summed E-state index contributed by atoms with van der Waals surface area (Å²) in [7, 11) is 1.31. The molecule has 0 saturated carbocycles. The third-order valence-corrected chi connectivity index (χ3v) is 20.7. The van der Waals surface area contributed by atoms with Crippen molar-refractivity contribution < 1.29 is 64.7 Å². The number of rotatable bonds is 31. The van der Waals surface area contributed by atoms with Gasteiger partial charge in [-0.25, -0.2) is 16.8 Å². The van der Waals surface area contributed by atoms with Gasteiger partial charge in [0, 0.05) is 167 Å². The molecule has 0 saturated heterocycles. The van der Waals surface area contributed by atoms with E-state index in [1.54, 1.807) is 55.0 Å². The van der Waals surface area contributed by atoms with Crippen molar-refractivity contribution >= 4 is 78.3 Å². The summed E-state index contributed by atoms with van der Waals surface area (Å²) in [5.74, 6) is 1.13. The van der Waals surface area contributed by atoms with E-state index in [1.807, 2.05) is 203 Å². The van der Waals surface area contributed by atoms with Gasteiger partial charge in [-0.3, -0.25) is 43.3 Å². The molecule has 686 valence electrons. The van der Waals surface area contributed by atoms with Gasteiger partial charge >= 0.3 is 0 Å². The average molecular weight is 1740 g/mol. The van der Waals surface area contributed by atoms with Crippen molar-refractivity contribution in [2.75, 3.05) is 117 Å². The molecule has 0 radical (unpaired) electrons. The molecule has 120 heavy (non-hydrogen) atoms. The Bertz CT molecular complexity index is 3860. The van der Waals surface area contributed by atoms with Crippen LogP contribution in [0.2, 0.25) is 0 Å². The fraction of sp³-hybridized carbons (Fsp3) is 0.677. The van der Waals surface area contributed by atoms with E-state index in [4.69, 9.17) is 14.7 Å². The number of methoxy groups -OCH3 is 2. The molecule has 3 aromatic carbocycles. The monoisotopic (exact) mass is 1740 g/mol. The first-order chi connectivity index (χ1) is 54.8. The number of unbranched alkanes of at least 4 members (excludes halogenated alkanes) is 2. The third kappa shape index (κ3) is 65.1. The lowest BCUT2D eigenvalue weighted by Crippen LogP contribution is -2.37. The Morgan fingerprint density at radius 3 is 1.08 bits per heavy atom. The maximum Gasteiger partial charge on any atom is 0.227 e. The van der Waals surface area contributed by atoms with E-state index in [1.165, 1.54) is 33.4 Å². The Hall–Kier alpha value is -7.64. The Balaban J connectivity index is -0.000000642. The van der Waals surface area contributed by atoms with Crippen LogP contribution in [0.25, 0.3) is 0 Å². The van der Waals surface area contributed by atoms with Gasteiger partial charge in [-0.15, -0.1) is 11.3 Å². The van der Waals surface area contributed by atoms with E-state index >= 15 is 0 Å². The summed E-state index contributed by atoms with van der Waals surface area (Å²) in [6, 6.07) is 26.3. The number of hydrogen-bond donors (Lipinski definition) is 6. The van der Waals surface area contributed by atoms with Gasteiger partial charge in [-0.2, -0.15) is 5.26 Å². The summed E-state index contributed by atoms with van der Waals surface area (Å²) < 4.78 is 53.6. The zero-order valence-electron chi connectivity index (χ0n) is 80.1. The van der Waals surface area contributed by atoms with Crippen LogP contribution in [0, 0.1) is 68.5 Å². The zero-order chi connectivity index (χ0) is 93.8. The van der Waals surface area contributed by atoms with E-state index in [9.17, 15) is 55.2 Å². The number of hydrogen-bond acceptors (Lipinski definition) is 17. The minimum atomic E-state index is -2.91. The van der Waals surface area contributed by atoms with E-state index in [0.29, 0.717) is 51.1 Å². The predicted molar refractivity (Wildman–Crippen MR) is 495 cm³/mol. The summed E-state index contributed by atoms with van der Waals surface area (Å²) in [6.07, 6.45) is 11.5. The van der Waals surface area contributed by atoms with Crippen molar-refractivity contribution in [1.82, 2.24) is 46.7 Å². The molecule has 0 bridgehead atoms. The lowest BCUT2D eigenvalue weighted by molar-refractivity contribution is -0.138. The second kappa shape index (κ2) is 59.2. The van der Waals surface area contributed by atoms with Crippen LogP contribution in [0.3, 0.4) is 0 Å². The first-order valence-electron chi connectivity index (χ1n) is 41.9. The van der Waals surface area contributed by atoms with Gasteiger partial charge in [0.1, 0.15) is 19.7 Å². The van der Waals surface area contributed by atoms with Gasteiger partial charge in [-0.05, 0) is 100 Å². The highest BCUT2D eigenvalue weighted by atomic mass is 32.2. The van der Waals surface area contributed by atoms with E-state index < -0.39 is 30.5 Å². The summed E-state index contributed by atoms with van der Waals surface area (Å²) in [5.41, 5.74) is 6.09. The maximum atomic E-state index is 12.0. The number of ether oxygens (including phenoxy) is 2. The molecule has 1 aromatic heterocycles. The van der Waals surface area contributed by atoms with Crippen molar-refractivity contribution in [2.45, 2.75) is 251 Å². The number of carbonyl (C=O) groups is 8. The third-order valence-electron chi connectivity index (χ3n) is 17.1. The smallest absolute Gasteiger partial charge is 0.227 e. The van der Waals surface area contributed by atoms with Gasteiger partial charge in [0.05, 0.1) is 28.6 Å². The van der Waals surface area contributed by atoms with E-state index in [2.05, 4.69) is 105 Å². The Labute approximate surface area is 731 Å². The number of amides is 8. The number of likely N-dealkylation sites (N-methyl/N-ethyl adjacent to an activating group) is 1. The van der Waals surface area contributed by atoms with Crippen LogP contribution in [0.5, 0.6) is 0 Å². The van der Waals surface area contributed by atoms with Crippen LogP contribution in [0.4, 0.5) is 0 Å². The Morgan fingerprint density at radius 2 is 0.758 bits per heavy atom. The molecule has 0 spiro atoms. The summed E-state index contributed by atoms with van der Waals surface area (Å²) in [6.45, 7) is 58.1.